The molecule has 1 fully saturated rings. The van der Waals surface area contributed by atoms with Crippen molar-refractivity contribution >= 4 is 17.8 Å². The maximum Gasteiger partial charge on any atom is 0.353 e. The summed E-state index contributed by atoms with van der Waals surface area (Å²) >= 11 is 0. The number of nitrogens with zero attached hydrogens (tertiary/aromatic N) is 1. The Labute approximate surface area is 168 Å². The minimum absolute atomic E-state index is 0.0892. The first-order valence-electron chi connectivity index (χ1n) is 9.00. The normalized spacial score (nSPS) is 19.7. The van der Waals surface area contributed by atoms with E-state index in [1.807, 2.05) is 30.3 Å². The summed E-state index contributed by atoms with van der Waals surface area (Å²) in [6.07, 6.45) is 6.35. The average molecular weight is 398 g/mol. The van der Waals surface area contributed by atoms with Crippen LogP contribution < -0.4 is 5.32 Å². The fraction of sp³-hybridized carbons (Fsp3) is 0.286. The van der Waals surface area contributed by atoms with Gasteiger partial charge in [0.15, 0.2) is 0 Å². The predicted octanol–water partition coefficient (Wildman–Crippen LogP) is 1.01. The molecule has 1 aliphatic carbocycles. The van der Waals surface area contributed by atoms with E-state index in [2.05, 4.69) is 5.32 Å². The van der Waals surface area contributed by atoms with Crippen molar-refractivity contribution in [1.82, 2.24) is 10.2 Å². The maximum atomic E-state index is 12.5. The molecule has 3 rings (SSSR count). The zero-order valence-electron chi connectivity index (χ0n) is 16.1. The highest BCUT2D eigenvalue weighted by Gasteiger charge is 2.42. The van der Waals surface area contributed by atoms with E-state index in [1.165, 1.54) is 26.4 Å². The van der Waals surface area contributed by atoms with Crippen LogP contribution in [0, 0.1) is 0 Å². The summed E-state index contributed by atoms with van der Waals surface area (Å²) in [6, 6.07) is 8.42. The van der Waals surface area contributed by atoms with Crippen molar-refractivity contribution < 1.29 is 29.0 Å². The number of methoxy groups -OCH3 is 2. The Morgan fingerprint density at radius 2 is 1.79 bits per heavy atom. The van der Waals surface area contributed by atoms with Crippen LogP contribution in [0.15, 0.2) is 65.9 Å². The lowest BCUT2D eigenvalue weighted by molar-refractivity contribution is -0.148. The highest BCUT2D eigenvalue weighted by molar-refractivity contribution is 6.01. The number of carboxylic acid groups (broad SMARTS) is 1. The summed E-state index contributed by atoms with van der Waals surface area (Å²) in [7, 11) is 2.93. The van der Waals surface area contributed by atoms with Crippen LogP contribution >= 0.6 is 0 Å². The van der Waals surface area contributed by atoms with Gasteiger partial charge in [-0.25, -0.2) is 4.79 Å². The summed E-state index contributed by atoms with van der Waals surface area (Å²) in [4.78, 5) is 37.6. The SMILES string of the molecule is COC1(OC)C=CC(=C(C(=O)O)N2CC(NC(=O)Cc3ccccc3)C2=O)C=C1. The summed E-state index contributed by atoms with van der Waals surface area (Å²) < 4.78 is 10.5. The molecule has 0 aromatic heterocycles. The molecule has 1 aromatic rings. The van der Waals surface area contributed by atoms with Crippen molar-refractivity contribution in [1.29, 1.82) is 0 Å². The highest BCUT2D eigenvalue weighted by atomic mass is 16.7. The van der Waals surface area contributed by atoms with Gasteiger partial charge in [0.25, 0.3) is 5.91 Å². The lowest BCUT2D eigenvalue weighted by atomic mass is 9.99. The van der Waals surface area contributed by atoms with E-state index in [-0.39, 0.29) is 24.6 Å². The number of likely N-dealkylation sites (tertiary alicyclic amines) is 1. The van der Waals surface area contributed by atoms with E-state index < -0.39 is 23.7 Å². The highest BCUT2D eigenvalue weighted by Crippen LogP contribution is 2.28. The van der Waals surface area contributed by atoms with Crippen molar-refractivity contribution in [3.63, 3.8) is 0 Å². The van der Waals surface area contributed by atoms with Crippen LogP contribution in [0.2, 0.25) is 0 Å². The van der Waals surface area contributed by atoms with Gasteiger partial charge >= 0.3 is 5.97 Å². The molecule has 29 heavy (non-hydrogen) atoms. The number of hydrogen-bond donors (Lipinski definition) is 2. The molecular weight excluding hydrogens is 376 g/mol. The lowest BCUT2D eigenvalue weighted by Gasteiger charge is -2.39. The molecule has 152 valence electrons. The Balaban J connectivity index is 1.68. The summed E-state index contributed by atoms with van der Waals surface area (Å²) in [5.74, 6) is -3.06. The molecule has 2 amide bonds. The molecule has 1 unspecified atom stereocenters. The molecule has 1 aliphatic heterocycles. The number of hydrogen-bond acceptors (Lipinski definition) is 5. The molecule has 1 heterocycles. The molecule has 8 nitrogen and oxygen atoms in total. The third kappa shape index (κ3) is 4.28. The van der Waals surface area contributed by atoms with Crippen LogP contribution in [0.4, 0.5) is 0 Å². The van der Waals surface area contributed by atoms with Crippen molar-refractivity contribution in [3.05, 3.63) is 71.5 Å². The summed E-state index contributed by atoms with van der Waals surface area (Å²) in [5.41, 5.74) is 1.01. The number of carbonyl (C=O) groups is 3. The Morgan fingerprint density at radius 1 is 1.17 bits per heavy atom. The smallest absolute Gasteiger partial charge is 0.353 e. The third-order valence-electron chi connectivity index (χ3n) is 4.85. The molecule has 2 aliphatic rings. The van der Waals surface area contributed by atoms with Gasteiger partial charge in [-0.2, -0.15) is 0 Å². The number of rotatable bonds is 7. The first-order valence-corrected chi connectivity index (χ1v) is 9.00. The monoisotopic (exact) mass is 398 g/mol. The van der Waals surface area contributed by atoms with Gasteiger partial charge in [0, 0.05) is 19.8 Å². The number of amides is 2. The number of carbonyl (C=O) groups excluding carboxylic acids is 2. The molecule has 8 heteroatoms. The Morgan fingerprint density at radius 3 is 2.31 bits per heavy atom. The molecule has 1 aromatic carbocycles. The minimum atomic E-state index is -1.24. The fourth-order valence-electron chi connectivity index (χ4n) is 3.19. The molecule has 0 saturated carbocycles. The third-order valence-corrected chi connectivity index (χ3v) is 4.85. The van der Waals surface area contributed by atoms with E-state index in [4.69, 9.17) is 9.47 Å². The molecule has 0 radical (unpaired) electrons. The van der Waals surface area contributed by atoms with E-state index in [0.29, 0.717) is 5.57 Å². The van der Waals surface area contributed by atoms with Gasteiger partial charge in [0.1, 0.15) is 11.7 Å². The van der Waals surface area contributed by atoms with E-state index in [0.717, 1.165) is 10.5 Å². The number of aliphatic carboxylic acids is 1. The minimum Gasteiger partial charge on any atom is -0.477 e. The number of nitrogens with one attached hydrogen (secondary N) is 1. The molecular formula is C21H22N2O6. The van der Waals surface area contributed by atoms with E-state index in [9.17, 15) is 19.5 Å². The van der Waals surface area contributed by atoms with Crippen LogP contribution in [-0.2, 0) is 30.3 Å². The molecule has 0 bridgehead atoms. The van der Waals surface area contributed by atoms with Crippen LogP contribution in [0.25, 0.3) is 0 Å². The molecule has 2 N–H and O–H groups in total. The number of β-lactam (4-membered cyclic amide) rings is 1. The van der Waals surface area contributed by atoms with Crippen LogP contribution in [0.5, 0.6) is 0 Å². The van der Waals surface area contributed by atoms with Gasteiger partial charge in [-0.15, -0.1) is 0 Å². The second-order valence-electron chi connectivity index (χ2n) is 6.64. The van der Waals surface area contributed by atoms with Gasteiger partial charge < -0.3 is 24.8 Å². The van der Waals surface area contributed by atoms with Gasteiger partial charge in [-0.3, -0.25) is 9.59 Å². The van der Waals surface area contributed by atoms with Gasteiger partial charge in [-0.1, -0.05) is 42.5 Å². The Hall–Kier alpha value is -3.23. The average Bonchev–Trinajstić information content (AvgIpc) is 2.73. The van der Waals surface area contributed by atoms with Crippen molar-refractivity contribution in [2.45, 2.75) is 18.2 Å². The molecule has 1 saturated heterocycles. The number of benzene rings is 1. The topological polar surface area (TPSA) is 105 Å². The maximum absolute atomic E-state index is 12.5. The molecule has 1 atom stereocenters. The number of ether oxygens (including phenoxy) is 2. The van der Waals surface area contributed by atoms with Crippen LogP contribution in [-0.4, -0.2) is 60.4 Å². The number of allylic oxidation sites excluding steroid dienone is 3. The first kappa shape index (κ1) is 20.5. The molecule has 0 spiro atoms. The Kier molecular flexibility index (Phi) is 5.95. The van der Waals surface area contributed by atoms with Gasteiger partial charge in [0.2, 0.25) is 11.7 Å². The van der Waals surface area contributed by atoms with Gasteiger partial charge in [0.05, 0.1) is 13.0 Å². The van der Waals surface area contributed by atoms with Gasteiger partial charge in [-0.05, 0) is 17.7 Å². The zero-order valence-corrected chi connectivity index (χ0v) is 16.1. The van der Waals surface area contributed by atoms with E-state index >= 15 is 0 Å². The van der Waals surface area contributed by atoms with E-state index in [1.54, 1.807) is 12.2 Å². The quantitative estimate of drug-likeness (QED) is 0.404. The fourth-order valence-corrected chi connectivity index (χ4v) is 3.19. The first-order chi connectivity index (χ1) is 13.9. The van der Waals surface area contributed by atoms with Crippen molar-refractivity contribution in [2.75, 3.05) is 20.8 Å². The predicted molar refractivity (Wildman–Crippen MR) is 103 cm³/mol. The van der Waals surface area contributed by atoms with Crippen LogP contribution in [0.1, 0.15) is 5.56 Å². The number of carboxylic acids is 1. The summed E-state index contributed by atoms with van der Waals surface area (Å²) in [5, 5.41) is 12.3. The van der Waals surface area contributed by atoms with Crippen LogP contribution in [0.3, 0.4) is 0 Å². The largest absolute Gasteiger partial charge is 0.477 e. The standard InChI is InChI=1S/C21H22N2O6/c1-28-21(29-2)10-8-15(9-11-21)18(20(26)27)23-13-16(19(23)25)22-17(24)12-14-6-4-3-5-7-14/h3-11,16H,12-13H2,1-2H3,(H,22,24)(H,26,27). The van der Waals surface area contributed by atoms with Crippen molar-refractivity contribution in [3.8, 4) is 0 Å². The van der Waals surface area contributed by atoms with Crippen molar-refractivity contribution in [2.24, 2.45) is 0 Å². The second-order valence-corrected chi connectivity index (χ2v) is 6.64. The zero-order chi connectivity index (χ0) is 21.0. The second kappa shape index (κ2) is 8.42. The Bertz CT molecular complexity index is 881. The lowest BCUT2D eigenvalue weighted by Crippen LogP contribution is -2.64. The summed E-state index contributed by atoms with van der Waals surface area (Å²) in [6.45, 7) is 0.0892.